The van der Waals surface area contributed by atoms with E-state index in [1.54, 1.807) is 31.4 Å². The van der Waals surface area contributed by atoms with Gasteiger partial charge >= 0.3 is 0 Å². The van der Waals surface area contributed by atoms with Gasteiger partial charge in [0.1, 0.15) is 12.4 Å². The molecular formula is C9H13ClFNO. The van der Waals surface area contributed by atoms with Crippen LogP contribution in [0.2, 0.25) is 0 Å². The van der Waals surface area contributed by atoms with E-state index in [0.29, 0.717) is 5.75 Å². The first-order chi connectivity index (χ1) is 5.77. The van der Waals surface area contributed by atoms with E-state index in [9.17, 15) is 4.39 Å². The maximum absolute atomic E-state index is 12.1. The summed E-state index contributed by atoms with van der Waals surface area (Å²) in [6, 6.07) is 6.58. The highest BCUT2D eigenvalue weighted by molar-refractivity contribution is 5.85. The van der Waals surface area contributed by atoms with Crippen LogP contribution in [0.1, 0.15) is 11.6 Å². The molecule has 0 aliphatic heterocycles. The zero-order valence-corrected chi connectivity index (χ0v) is 8.18. The van der Waals surface area contributed by atoms with Crippen LogP contribution in [0.5, 0.6) is 5.75 Å². The van der Waals surface area contributed by atoms with Crippen molar-refractivity contribution in [2.75, 3.05) is 13.8 Å². The lowest BCUT2D eigenvalue weighted by molar-refractivity contribution is 0.410. The molecule has 0 heterocycles. The Morgan fingerprint density at radius 3 is 2.77 bits per heavy atom. The highest BCUT2D eigenvalue weighted by Gasteiger charge is 2.04. The second kappa shape index (κ2) is 5.78. The van der Waals surface area contributed by atoms with Crippen molar-refractivity contribution in [3.05, 3.63) is 29.8 Å². The second-order valence-corrected chi connectivity index (χ2v) is 2.54. The molecule has 0 bridgehead atoms. The lowest BCUT2D eigenvalue weighted by Gasteiger charge is -2.08. The lowest BCUT2D eigenvalue weighted by Crippen LogP contribution is -2.11. The van der Waals surface area contributed by atoms with Gasteiger partial charge < -0.3 is 10.5 Å². The summed E-state index contributed by atoms with van der Waals surface area (Å²) in [5, 5.41) is 0. The smallest absolute Gasteiger partial charge is 0.119 e. The van der Waals surface area contributed by atoms with Crippen LogP contribution in [-0.4, -0.2) is 13.8 Å². The standard InChI is InChI=1S/C9H12FNO.ClH/c1-12-8-4-2-3-7(5-8)9(11)6-10;/h2-5,9H,6,11H2,1H3;1H/t9-;/m0./s1. The van der Waals surface area contributed by atoms with E-state index < -0.39 is 12.7 Å². The highest BCUT2D eigenvalue weighted by Crippen LogP contribution is 2.17. The maximum atomic E-state index is 12.1. The molecule has 0 saturated heterocycles. The van der Waals surface area contributed by atoms with E-state index in [1.807, 2.05) is 0 Å². The zero-order chi connectivity index (χ0) is 8.97. The molecule has 0 aliphatic carbocycles. The Balaban J connectivity index is 0.00000144. The van der Waals surface area contributed by atoms with Crippen molar-refractivity contribution in [2.24, 2.45) is 5.73 Å². The summed E-state index contributed by atoms with van der Waals surface area (Å²) in [6.07, 6.45) is 0. The van der Waals surface area contributed by atoms with Crippen molar-refractivity contribution >= 4 is 12.4 Å². The fourth-order valence-corrected chi connectivity index (χ4v) is 0.961. The quantitative estimate of drug-likeness (QED) is 0.820. The Morgan fingerprint density at radius 2 is 2.23 bits per heavy atom. The summed E-state index contributed by atoms with van der Waals surface area (Å²) < 4.78 is 17.1. The van der Waals surface area contributed by atoms with E-state index in [1.165, 1.54) is 0 Å². The molecule has 0 spiro atoms. The Kier molecular flexibility index (Phi) is 5.42. The van der Waals surface area contributed by atoms with Crippen LogP contribution in [0.15, 0.2) is 24.3 Å². The highest BCUT2D eigenvalue weighted by atomic mass is 35.5. The van der Waals surface area contributed by atoms with Crippen LogP contribution in [0.4, 0.5) is 4.39 Å². The summed E-state index contributed by atoms with van der Waals surface area (Å²) in [5.41, 5.74) is 6.25. The summed E-state index contributed by atoms with van der Waals surface area (Å²) in [5.74, 6) is 0.705. The molecule has 1 atom stereocenters. The van der Waals surface area contributed by atoms with Crippen molar-refractivity contribution < 1.29 is 9.13 Å². The third-order valence-corrected chi connectivity index (χ3v) is 1.69. The molecular weight excluding hydrogens is 193 g/mol. The monoisotopic (exact) mass is 205 g/mol. The van der Waals surface area contributed by atoms with Crippen LogP contribution < -0.4 is 10.5 Å². The number of benzene rings is 1. The first-order valence-electron chi connectivity index (χ1n) is 3.73. The number of rotatable bonds is 3. The molecule has 0 fully saturated rings. The molecule has 4 heteroatoms. The topological polar surface area (TPSA) is 35.2 Å². The third kappa shape index (κ3) is 3.20. The molecule has 2 N–H and O–H groups in total. The van der Waals surface area contributed by atoms with Gasteiger partial charge in [0.05, 0.1) is 13.2 Å². The molecule has 1 aromatic carbocycles. The largest absolute Gasteiger partial charge is 0.497 e. The molecule has 0 amide bonds. The first kappa shape index (κ1) is 12.2. The van der Waals surface area contributed by atoms with E-state index >= 15 is 0 Å². The molecule has 0 unspecified atom stereocenters. The van der Waals surface area contributed by atoms with Crippen LogP contribution in [0, 0.1) is 0 Å². The Bertz CT molecular complexity index is 257. The van der Waals surface area contributed by atoms with E-state index in [4.69, 9.17) is 10.5 Å². The maximum Gasteiger partial charge on any atom is 0.119 e. The van der Waals surface area contributed by atoms with Crippen molar-refractivity contribution in [3.8, 4) is 5.75 Å². The van der Waals surface area contributed by atoms with Gasteiger partial charge in [-0.1, -0.05) is 12.1 Å². The first-order valence-corrected chi connectivity index (χ1v) is 3.73. The molecule has 0 radical (unpaired) electrons. The van der Waals surface area contributed by atoms with E-state index in [-0.39, 0.29) is 12.4 Å². The second-order valence-electron chi connectivity index (χ2n) is 2.54. The fraction of sp³-hybridized carbons (Fsp3) is 0.333. The molecule has 1 rings (SSSR count). The molecule has 2 nitrogen and oxygen atoms in total. The lowest BCUT2D eigenvalue weighted by atomic mass is 10.1. The number of hydrogen-bond acceptors (Lipinski definition) is 2. The van der Waals surface area contributed by atoms with Crippen molar-refractivity contribution in [3.63, 3.8) is 0 Å². The van der Waals surface area contributed by atoms with E-state index in [0.717, 1.165) is 5.56 Å². The molecule has 0 aromatic heterocycles. The van der Waals surface area contributed by atoms with Crippen LogP contribution in [0.25, 0.3) is 0 Å². The number of methoxy groups -OCH3 is 1. The normalized spacial score (nSPS) is 11.6. The minimum absolute atomic E-state index is 0. The summed E-state index contributed by atoms with van der Waals surface area (Å²) in [7, 11) is 1.57. The molecule has 74 valence electrons. The summed E-state index contributed by atoms with van der Waals surface area (Å²) in [6.45, 7) is -0.548. The summed E-state index contributed by atoms with van der Waals surface area (Å²) >= 11 is 0. The predicted molar refractivity (Wildman–Crippen MR) is 53.1 cm³/mol. The Hall–Kier alpha value is -0.800. The number of ether oxygens (including phenoxy) is 1. The molecule has 0 saturated carbocycles. The average Bonchev–Trinajstić information content (AvgIpc) is 2.17. The average molecular weight is 206 g/mol. The number of halogens is 2. The van der Waals surface area contributed by atoms with Crippen LogP contribution >= 0.6 is 12.4 Å². The number of nitrogens with two attached hydrogens (primary N) is 1. The molecule has 0 aliphatic rings. The van der Waals surface area contributed by atoms with Gasteiger partial charge in [-0.3, -0.25) is 0 Å². The van der Waals surface area contributed by atoms with Gasteiger partial charge in [0.25, 0.3) is 0 Å². The Labute approximate surface area is 83.3 Å². The van der Waals surface area contributed by atoms with Gasteiger partial charge in [0, 0.05) is 0 Å². The van der Waals surface area contributed by atoms with E-state index in [2.05, 4.69) is 0 Å². The Morgan fingerprint density at radius 1 is 1.54 bits per heavy atom. The number of alkyl halides is 1. The van der Waals surface area contributed by atoms with Gasteiger partial charge in [0.2, 0.25) is 0 Å². The SMILES string of the molecule is COc1cccc([C@@H](N)CF)c1.Cl. The van der Waals surface area contributed by atoms with Crippen molar-refractivity contribution in [1.29, 1.82) is 0 Å². The van der Waals surface area contributed by atoms with Gasteiger partial charge in [0.15, 0.2) is 0 Å². The molecule has 1 aromatic rings. The van der Waals surface area contributed by atoms with Crippen LogP contribution in [0.3, 0.4) is 0 Å². The molecule has 13 heavy (non-hydrogen) atoms. The summed E-state index contributed by atoms with van der Waals surface area (Å²) in [4.78, 5) is 0. The van der Waals surface area contributed by atoms with Crippen molar-refractivity contribution in [2.45, 2.75) is 6.04 Å². The van der Waals surface area contributed by atoms with Gasteiger partial charge in [-0.25, -0.2) is 4.39 Å². The van der Waals surface area contributed by atoms with Crippen LogP contribution in [-0.2, 0) is 0 Å². The van der Waals surface area contributed by atoms with Gasteiger partial charge in [-0.15, -0.1) is 12.4 Å². The predicted octanol–water partition coefficient (Wildman–Crippen LogP) is 2.09. The minimum Gasteiger partial charge on any atom is -0.497 e. The zero-order valence-electron chi connectivity index (χ0n) is 7.37. The van der Waals surface area contributed by atoms with Gasteiger partial charge in [-0.05, 0) is 17.7 Å². The van der Waals surface area contributed by atoms with Gasteiger partial charge in [-0.2, -0.15) is 0 Å². The third-order valence-electron chi connectivity index (χ3n) is 1.69. The number of hydrogen-bond donors (Lipinski definition) is 1. The van der Waals surface area contributed by atoms with Crippen molar-refractivity contribution in [1.82, 2.24) is 0 Å². The fourth-order valence-electron chi connectivity index (χ4n) is 0.961. The minimum atomic E-state index is -0.548.